The molecular formula is C20H23BrN6OS. The van der Waals surface area contributed by atoms with Crippen molar-refractivity contribution in [3.8, 4) is 0 Å². The molecule has 9 heteroatoms. The molecule has 29 heavy (non-hydrogen) atoms. The van der Waals surface area contributed by atoms with Gasteiger partial charge in [-0.3, -0.25) is 0 Å². The number of rotatable bonds is 7. The highest BCUT2D eigenvalue weighted by atomic mass is 79.9. The first kappa shape index (κ1) is 21.5. The van der Waals surface area contributed by atoms with Gasteiger partial charge >= 0.3 is 0 Å². The van der Waals surface area contributed by atoms with Gasteiger partial charge in [0.05, 0.1) is 16.6 Å². The minimum absolute atomic E-state index is 0.147. The van der Waals surface area contributed by atoms with Crippen LogP contribution in [0.25, 0.3) is 0 Å². The lowest BCUT2D eigenvalue weighted by molar-refractivity contribution is 0.177. The van der Waals surface area contributed by atoms with Crippen LogP contribution in [0, 0.1) is 13.8 Å². The highest BCUT2D eigenvalue weighted by molar-refractivity contribution is 9.10. The smallest absolute Gasteiger partial charge is 0.229 e. The zero-order chi connectivity index (χ0) is 21.0. The molecule has 0 saturated heterocycles. The van der Waals surface area contributed by atoms with Crippen LogP contribution in [-0.4, -0.2) is 37.2 Å². The van der Waals surface area contributed by atoms with Crippen LogP contribution in [0.5, 0.6) is 0 Å². The number of aromatic nitrogens is 4. The molecule has 1 unspecified atom stereocenters. The fraction of sp³-hybridized carbons (Fsp3) is 0.300. The summed E-state index contributed by atoms with van der Waals surface area (Å²) in [7, 11) is 0. The quantitative estimate of drug-likeness (QED) is 0.423. The standard InChI is InChI=1S/C20H23BrN6OS/c1-11-8-12(2)24-20(23-11)29-16-7-5-6-15(9-16)26-19-22-10-17(21)18(27-19)25-13(3)14(4)28/h5-10,13-14,28H,1-4H3,(H2,22,25,26,27)/t13?,14-/m1/s1. The monoisotopic (exact) mass is 474 g/mol. The van der Waals surface area contributed by atoms with Gasteiger partial charge in [0.25, 0.3) is 0 Å². The summed E-state index contributed by atoms with van der Waals surface area (Å²) in [6, 6.07) is 9.73. The number of nitrogens with one attached hydrogen (secondary N) is 2. The molecule has 0 spiro atoms. The van der Waals surface area contributed by atoms with Crippen LogP contribution < -0.4 is 10.6 Å². The molecule has 0 fully saturated rings. The molecule has 0 bridgehead atoms. The van der Waals surface area contributed by atoms with Crippen LogP contribution in [0.4, 0.5) is 17.5 Å². The van der Waals surface area contributed by atoms with Crippen molar-refractivity contribution in [2.45, 2.75) is 49.9 Å². The molecular weight excluding hydrogens is 452 g/mol. The normalized spacial score (nSPS) is 13.0. The highest BCUT2D eigenvalue weighted by Gasteiger charge is 2.13. The molecule has 3 aromatic rings. The van der Waals surface area contributed by atoms with E-state index < -0.39 is 6.10 Å². The first-order chi connectivity index (χ1) is 13.8. The molecule has 152 valence electrons. The number of benzene rings is 1. The van der Waals surface area contributed by atoms with Gasteiger partial charge in [-0.15, -0.1) is 0 Å². The van der Waals surface area contributed by atoms with Crippen molar-refractivity contribution in [1.29, 1.82) is 0 Å². The molecule has 2 aromatic heterocycles. The van der Waals surface area contributed by atoms with E-state index in [4.69, 9.17) is 0 Å². The number of anilines is 3. The lowest BCUT2D eigenvalue weighted by Gasteiger charge is -2.18. The van der Waals surface area contributed by atoms with Gasteiger partial charge in [0.1, 0.15) is 5.82 Å². The van der Waals surface area contributed by atoms with Crippen molar-refractivity contribution in [3.63, 3.8) is 0 Å². The average molecular weight is 475 g/mol. The third-order valence-corrected chi connectivity index (χ3v) is 5.53. The first-order valence-corrected chi connectivity index (χ1v) is 10.8. The summed E-state index contributed by atoms with van der Waals surface area (Å²) in [6.45, 7) is 7.55. The van der Waals surface area contributed by atoms with Gasteiger partial charge in [-0.05, 0) is 79.7 Å². The lowest BCUT2D eigenvalue weighted by Crippen LogP contribution is -2.28. The van der Waals surface area contributed by atoms with Gasteiger partial charge in [0, 0.05) is 28.2 Å². The Hall–Kier alpha value is -2.23. The number of hydrogen-bond donors (Lipinski definition) is 3. The largest absolute Gasteiger partial charge is 0.391 e. The average Bonchev–Trinajstić information content (AvgIpc) is 2.64. The number of aliphatic hydroxyl groups is 1. The summed E-state index contributed by atoms with van der Waals surface area (Å²) < 4.78 is 0.729. The Balaban J connectivity index is 1.76. The summed E-state index contributed by atoms with van der Waals surface area (Å²) in [5, 5.41) is 16.8. The van der Waals surface area contributed by atoms with Crippen LogP contribution in [0.2, 0.25) is 0 Å². The van der Waals surface area contributed by atoms with Crippen molar-refractivity contribution < 1.29 is 5.11 Å². The Morgan fingerprint density at radius 3 is 2.48 bits per heavy atom. The van der Waals surface area contributed by atoms with Crippen LogP contribution in [0.15, 0.2) is 51.1 Å². The summed E-state index contributed by atoms with van der Waals surface area (Å²) in [4.78, 5) is 18.8. The Kier molecular flexibility index (Phi) is 7.05. The maximum atomic E-state index is 9.71. The summed E-state index contributed by atoms with van der Waals surface area (Å²) in [5.41, 5.74) is 2.75. The maximum absolute atomic E-state index is 9.71. The minimum atomic E-state index is -0.505. The number of aryl methyl sites for hydroxylation is 2. The van der Waals surface area contributed by atoms with E-state index in [1.807, 2.05) is 51.1 Å². The van der Waals surface area contributed by atoms with Crippen LogP contribution in [0.1, 0.15) is 25.2 Å². The van der Waals surface area contributed by atoms with E-state index in [-0.39, 0.29) is 6.04 Å². The van der Waals surface area contributed by atoms with Crippen molar-refractivity contribution in [2.75, 3.05) is 10.6 Å². The SMILES string of the molecule is Cc1cc(C)nc(Sc2cccc(Nc3ncc(Br)c(NC(C)[C@@H](C)O)n3)c2)n1. The number of aliphatic hydroxyl groups excluding tert-OH is 1. The van der Waals surface area contributed by atoms with Gasteiger partial charge in [0.2, 0.25) is 5.95 Å². The van der Waals surface area contributed by atoms with Crippen molar-refractivity contribution in [1.82, 2.24) is 19.9 Å². The zero-order valence-electron chi connectivity index (χ0n) is 16.6. The molecule has 2 atom stereocenters. The van der Waals surface area contributed by atoms with Gasteiger partial charge in [-0.25, -0.2) is 15.0 Å². The maximum Gasteiger partial charge on any atom is 0.229 e. The molecule has 1 aromatic carbocycles. The third-order valence-electron chi connectivity index (χ3n) is 4.09. The Morgan fingerprint density at radius 2 is 1.79 bits per heavy atom. The summed E-state index contributed by atoms with van der Waals surface area (Å²) in [6.07, 6.45) is 1.17. The molecule has 0 aliphatic rings. The van der Waals surface area contributed by atoms with E-state index in [9.17, 15) is 5.11 Å². The second-order valence-corrected chi connectivity index (χ2v) is 8.65. The Bertz CT molecular complexity index is 980. The topological polar surface area (TPSA) is 95.9 Å². The van der Waals surface area contributed by atoms with E-state index >= 15 is 0 Å². The Morgan fingerprint density at radius 1 is 1.07 bits per heavy atom. The molecule has 0 saturated carbocycles. The van der Waals surface area contributed by atoms with Crippen LogP contribution in [0.3, 0.4) is 0 Å². The molecule has 7 nitrogen and oxygen atoms in total. The fourth-order valence-corrected chi connectivity index (χ4v) is 3.70. The minimum Gasteiger partial charge on any atom is -0.391 e. The molecule has 3 rings (SSSR count). The predicted molar refractivity (Wildman–Crippen MR) is 120 cm³/mol. The number of hydrogen-bond acceptors (Lipinski definition) is 8. The van der Waals surface area contributed by atoms with Gasteiger partial charge in [0.15, 0.2) is 5.16 Å². The molecule has 0 aliphatic carbocycles. The van der Waals surface area contributed by atoms with Gasteiger partial charge < -0.3 is 15.7 Å². The highest BCUT2D eigenvalue weighted by Crippen LogP contribution is 2.29. The van der Waals surface area contributed by atoms with E-state index in [1.54, 1.807) is 13.1 Å². The first-order valence-electron chi connectivity index (χ1n) is 9.14. The number of halogens is 1. The second kappa shape index (κ2) is 9.51. The van der Waals surface area contributed by atoms with E-state index in [2.05, 4.69) is 46.5 Å². The third kappa shape index (κ3) is 6.12. The zero-order valence-corrected chi connectivity index (χ0v) is 19.0. The summed E-state index contributed by atoms with van der Waals surface area (Å²) >= 11 is 4.95. The van der Waals surface area contributed by atoms with E-state index in [0.29, 0.717) is 11.8 Å². The van der Waals surface area contributed by atoms with E-state index in [0.717, 1.165) is 31.6 Å². The molecule has 3 N–H and O–H groups in total. The van der Waals surface area contributed by atoms with Crippen molar-refractivity contribution in [3.05, 3.63) is 52.4 Å². The van der Waals surface area contributed by atoms with Crippen LogP contribution >= 0.6 is 27.7 Å². The fourth-order valence-electron chi connectivity index (χ4n) is 2.48. The van der Waals surface area contributed by atoms with Crippen LogP contribution in [-0.2, 0) is 0 Å². The predicted octanol–water partition coefficient (Wildman–Crippen LogP) is 4.72. The van der Waals surface area contributed by atoms with Crippen molar-refractivity contribution >= 4 is 45.1 Å². The Labute approximate surface area is 182 Å². The van der Waals surface area contributed by atoms with Gasteiger partial charge in [-0.2, -0.15) is 4.98 Å². The van der Waals surface area contributed by atoms with Gasteiger partial charge in [-0.1, -0.05) is 6.07 Å². The van der Waals surface area contributed by atoms with E-state index in [1.165, 1.54) is 11.8 Å². The lowest BCUT2D eigenvalue weighted by atomic mass is 10.2. The molecule has 2 heterocycles. The molecule has 0 radical (unpaired) electrons. The second-order valence-electron chi connectivity index (χ2n) is 6.75. The molecule has 0 amide bonds. The summed E-state index contributed by atoms with van der Waals surface area (Å²) in [5.74, 6) is 1.07. The molecule has 0 aliphatic heterocycles. The number of nitrogens with zero attached hydrogens (tertiary/aromatic N) is 4. The van der Waals surface area contributed by atoms with Crippen molar-refractivity contribution in [2.24, 2.45) is 0 Å².